The molecule has 0 aromatic heterocycles. The van der Waals surface area contributed by atoms with Gasteiger partial charge in [-0.15, -0.1) is 11.8 Å². The summed E-state index contributed by atoms with van der Waals surface area (Å²) in [5, 5.41) is 2.99. The molecule has 0 aliphatic heterocycles. The average Bonchev–Trinajstić information content (AvgIpc) is 2.78. The van der Waals surface area contributed by atoms with E-state index in [1.165, 1.54) is 16.0 Å². The van der Waals surface area contributed by atoms with Crippen molar-refractivity contribution in [2.24, 2.45) is 0 Å². The Bertz CT molecular complexity index is 906. The van der Waals surface area contributed by atoms with Crippen molar-refractivity contribution in [3.8, 4) is 5.75 Å². The molecule has 0 bridgehead atoms. The molecular weight excluding hydrogens is 390 g/mol. The van der Waals surface area contributed by atoms with E-state index in [-0.39, 0.29) is 5.91 Å². The molecule has 0 atom stereocenters. The first-order valence-corrected chi connectivity index (χ1v) is 11.4. The molecule has 0 saturated heterocycles. The molecule has 0 spiro atoms. The molecule has 156 valence electrons. The summed E-state index contributed by atoms with van der Waals surface area (Å²) in [7, 11) is 0. The van der Waals surface area contributed by atoms with E-state index in [0.717, 1.165) is 17.9 Å². The van der Waals surface area contributed by atoms with Gasteiger partial charge in [0.15, 0.2) is 0 Å². The molecule has 1 N–H and O–H groups in total. The summed E-state index contributed by atoms with van der Waals surface area (Å²) in [6, 6.07) is 26.2. The third-order valence-electron chi connectivity index (χ3n) is 4.83. The van der Waals surface area contributed by atoms with Crippen LogP contribution < -0.4 is 10.1 Å². The largest absolute Gasteiger partial charge is 0.493 e. The minimum Gasteiger partial charge on any atom is -0.493 e. The number of hydrogen-bond acceptors (Lipinski definition) is 3. The van der Waals surface area contributed by atoms with Crippen molar-refractivity contribution in [3.63, 3.8) is 0 Å². The zero-order valence-electron chi connectivity index (χ0n) is 17.6. The van der Waals surface area contributed by atoms with E-state index in [0.29, 0.717) is 24.6 Å². The quantitative estimate of drug-likeness (QED) is 0.326. The summed E-state index contributed by atoms with van der Waals surface area (Å²) in [6.45, 7) is 5.63. The van der Waals surface area contributed by atoms with Gasteiger partial charge in [0.05, 0.1) is 6.61 Å². The lowest BCUT2D eigenvalue weighted by atomic mass is 10.0. The van der Waals surface area contributed by atoms with Crippen LogP contribution in [-0.4, -0.2) is 24.8 Å². The second-order valence-electron chi connectivity index (χ2n) is 7.44. The van der Waals surface area contributed by atoms with E-state index in [2.05, 4.69) is 55.6 Å². The topological polar surface area (TPSA) is 38.3 Å². The Balaban J connectivity index is 1.37. The monoisotopic (exact) mass is 419 g/mol. The van der Waals surface area contributed by atoms with Crippen LogP contribution in [0.25, 0.3) is 0 Å². The van der Waals surface area contributed by atoms with Gasteiger partial charge in [-0.25, -0.2) is 0 Å². The lowest BCUT2D eigenvalue weighted by Gasteiger charge is -2.09. The van der Waals surface area contributed by atoms with Crippen LogP contribution in [0.2, 0.25) is 0 Å². The number of rotatable bonds is 10. The number of nitrogens with one attached hydrogen (secondary N) is 1. The zero-order valence-corrected chi connectivity index (χ0v) is 18.5. The van der Waals surface area contributed by atoms with Crippen molar-refractivity contribution in [1.82, 2.24) is 5.32 Å². The van der Waals surface area contributed by atoms with Crippen molar-refractivity contribution in [2.45, 2.75) is 31.1 Å². The SMILES string of the molecule is CC(C)c1ccc(CCNC(=O)c2ccc(OCCSc3ccccc3)cc2)cc1. The van der Waals surface area contributed by atoms with Crippen LogP contribution in [0.1, 0.15) is 41.3 Å². The van der Waals surface area contributed by atoms with E-state index in [1.807, 2.05) is 42.5 Å². The fraction of sp³-hybridized carbons (Fsp3) is 0.269. The number of carbonyl (C=O) groups is 1. The highest BCUT2D eigenvalue weighted by Gasteiger charge is 2.06. The summed E-state index contributed by atoms with van der Waals surface area (Å²) < 4.78 is 5.78. The highest BCUT2D eigenvalue weighted by atomic mass is 32.2. The highest BCUT2D eigenvalue weighted by molar-refractivity contribution is 7.99. The second kappa shape index (κ2) is 11.5. The zero-order chi connectivity index (χ0) is 21.2. The number of thioether (sulfide) groups is 1. The van der Waals surface area contributed by atoms with Crippen LogP contribution in [0.5, 0.6) is 5.75 Å². The molecule has 0 aliphatic carbocycles. The smallest absolute Gasteiger partial charge is 0.251 e. The molecule has 0 radical (unpaired) electrons. The minimum atomic E-state index is -0.0556. The third-order valence-corrected chi connectivity index (χ3v) is 5.80. The first-order valence-electron chi connectivity index (χ1n) is 10.4. The second-order valence-corrected chi connectivity index (χ2v) is 8.60. The summed E-state index contributed by atoms with van der Waals surface area (Å²) in [5.74, 6) is 2.14. The van der Waals surface area contributed by atoms with E-state index in [9.17, 15) is 4.79 Å². The average molecular weight is 420 g/mol. The Morgan fingerprint density at radius 1 is 0.933 bits per heavy atom. The Morgan fingerprint density at radius 2 is 1.63 bits per heavy atom. The fourth-order valence-corrected chi connectivity index (χ4v) is 3.78. The van der Waals surface area contributed by atoms with Crippen molar-refractivity contribution < 1.29 is 9.53 Å². The molecular formula is C26H29NO2S. The van der Waals surface area contributed by atoms with Crippen LogP contribution in [0, 0.1) is 0 Å². The maximum Gasteiger partial charge on any atom is 0.251 e. The molecule has 0 unspecified atom stereocenters. The number of ether oxygens (including phenoxy) is 1. The normalized spacial score (nSPS) is 10.8. The predicted molar refractivity (Wildman–Crippen MR) is 126 cm³/mol. The maximum absolute atomic E-state index is 12.4. The van der Waals surface area contributed by atoms with Gasteiger partial charge in [0.25, 0.3) is 5.91 Å². The van der Waals surface area contributed by atoms with Crippen molar-refractivity contribution >= 4 is 17.7 Å². The van der Waals surface area contributed by atoms with Gasteiger partial charge in [0, 0.05) is 22.8 Å². The van der Waals surface area contributed by atoms with E-state index in [1.54, 1.807) is 11.8 Å². The van der Waals surface area contributed by atoms with E-state index < -0.39 is 0 Å². The standard InChI is InChI=1S/C26H29NO2S/c1-20(2)22-10-8-21(9-11-22)16-17-27-26(28)23-12-14-24(15-13-23)29-18-19-30-25-6-4-3-5-7-25/h3-15,20H,16-19H2,1-2H3,(H,27,28). The molecule has 3 nitrogen and oxygen atoms in total. The van der Waals surface area contributed by atoms with Crippen molar-refractivity contribution in [1.29, 1.82) is 0 Å². The molecule has 3 rings (SSSR count). The van der Waals surface area contributed by atoms with Gasteiger partial charge in [-0.3, -0.25) is 4.79 Å². The van der Waals surface area contributed by atoms with Gasteiger partial charge in [-0.05, 0) is 59.9 Å². The molecule has 0 saturated carbocycles. The predicted octanol–water partition coefficient (Wildman–Crippen LogP) is 5.95. The molecule has 1 amide bonds. The van der Waals surface area contributed by atoms with Gasteiger partial charge >= 0.3 is 0 Å². The van der Waals surface area contributed by atoms with Crippen LogP contribution in [-0.2, 0) is 6.42 Å². The number of hydrogen-bond donors (Lipinski definition) is 1. The molecule has 30 heavy (non-hydrogen) atoms. The van der Waals surface area contributed by atoms with Crippen LogP contribution in [0.3, 0.4) is 0 Å². The Kier molecular flexibility index (Phi) is 8.40. The van der Waals surface area contributed by atoms with Gasteiger partial charge in [0.1, 0.15) is 5.75 Å². The van der Waals surface area contributed by atoms with Gasteiger partial charge in [0.2, 0.25) is 0 Å². The highest BCUT2D eigenvalue weighted by Crippen LogP contribution is 2.18. The summed E-state index contributed by atoms with van der Waals surface area (Å²) >= 11 is 1.77. The van der Waals surface area contributed by atoms with Crippen LogP contribution in [0.4, 0.5) is 0 Å². The Hall–Kier alpha value is -2.72. The molecule has 3 aromatic carbocycles. The Morgan fingerprint density at radius 3 is 2.30 bits per heavy atom. The molecule has 4 heteroatoms. The van der Waals surface area contributed by atoms with Crippen LogP contribution in [0.15, 0.2) is 83.8 Å². The van der Waals surface area contributed by atoms with Crippen molar-refractivity contribution in [3.05, 3.63) is 95.6 Å². The first kappa shape index (κ1) is 22.0. The van der Waals surface area contributed by atoms with Gasteiger partial charge in [-0.1, -0.05) is 56.3 Å². The number of benzene rings is 3. The number of carbonyl (C=O) groups excluding carboxylic acids is 1. The molecule has 0 fully saturated rings. The molecule has 0 heterocycles. The maximum atomic E-state index is 12.4. The lowest BCUT2D eigenvalue weighted by Crippen LogP contribution is -2.25. The Labute approximate surface area is 183 Å². The molecule has 3 aromatic rings. The van der Waals surface area contributed by atoms with Gasteiger partial charge < -0.3 is 10.1 Å². The summed E-state index contributed by atoms with van der Waals surface area (Å²) in [5.41, 5.74) is 3.22. The lowest BCUT2D eigenvalue weighted by molar-refractivity contribution is 0.0954. The number of amides is 1. The van der Waals surface area contributed by atoms with E-state index in [4.69, 9.17) is 4.74 Å². The van der Waals surface area contributed by atoms with Gasteiger partial charge in [-0.2, -0.15) is 0 Å². The summed E-state index contributed by atoms with van der Waals surface area (Å²) in [4.78, 5) is 13.6. The molecule has 0 aliphatic rings. The van der Waals surface area contributed by atoms with Crippen molar-refractivity contribution in [2.75, 3.05) is 18.9 Å². The summed E-state index contributed by atoms with van der Waals surface area (Å²) in [6.07, 6.45) is 0.824. The first-order chi connectivity index (χ1) is 14.6. The third kappa shape index (κ3) is 6.96. The van der Waals surface area contributed by atoms with Crippen LogP contribution >= 0.6 is 11.8 Å². The minimum absolute atomic E-state index is 0.0556. The fourth-order valence-electron chi connectivity index (χ4n) is 3.03. The van der Waals surface area contributed by atoms with E-state index >= 15 is 0 Å².